The maximum atomic E-state index is 12.9. The summed E-state index contributed by atoms with van der Waals surface area (Å²) in [6.45, 7) is 12.0. The minimum absolute atomic E-state index is 0.0793. The maximum absolute atomic E-state index is 12.9. The van der Waals surface area contributed by atoms with Crippen LogP contribution in [0.15, 0.2) is 53.9 Å². The number of sulfonamides is 1. The van der Waals surface area contributed by atoms with Crippen molar-refractivity contribution in [2.24, 2.45) is 5.41 Å². The molecule has 0 aromatic heterocycles. The van der Waals surface area contributed by atoms with Crippen molar-refractivity contribution >= 4 is 27.3 Å². The van der Waals surface area contributed by atoms with Gasteiger partial charge in [-0.15, -0.1) is 6.58 Å². The van der Waals surface area contributed by atoms with Gasteiger partial charge in [0, 0.05) is 12.6 Å². The van der Waals surface area contributed by atoms with Gasteiger partial charge in [-0.05, 0) is 63.6 Å². The number of nitrogens with zero attached hydrogens (tertiary/aromatic N) is 1. The molecule has 0 fully saturated rings. The molecule has 31 heavy (non-hydrogen) atoms. The van der Waals surface area contributed by atoms with Gasteiger partial charge in [0.15, 0.2) is 0 Å². The second-order valence-corrected chi connectivity index (χ2v) is 9.71. The molecule has 0 saturated carbocycles. The fourth-order valence-corrected chi connectivity index (χ4v) is 4.48. The average molecular weight is 445 g/mol. The van der Waals surface area contributed by atoms with Gasteiger partial charge < -0.3 is 14.4 Å². The summed E-state index contributed by atoms with van der Waals surface area (Å²) in [5.74, 6) is 1.00. The van der Waals surface area contributed by atoms with Crippen LogP contribution in [-0.4, -0.2) is 34.1 Å². The number of carbonyl (C=O) groups is 1. The van der Waals surface area contributed by atoms with Crippen molar-refractivity contribution in [3.63, 3.8) is 0 Å². The second kappa shape index (κ2) is 8.63. The number of hydrogen-bond acceptors (Lipinski definition) is 5. The van der Waals surface area contributed by atoms with Crippen LogP contribution in [0.1, 0.15) is 26.3 Å². The van der Waals surface area contributed by atoms with E-state index < -0.39 is 15.4 Å². The molecule has 8 heteroatoms. The molecule has 2 aromatic rings. The highest BCUT2D eigenvalue weighted by atomic mass is 32.2. The molecule has 166 valence electrons. The van der Waals surface area contributed by atoms with E-state index >= 15 is 0 Å². The minimum atomic E-state index is -3.82. The van der Waals surface area contributed by atoms with Crippen molar-refractivity contribution in [2.75, 3.05) is 29.4 Å². The van der Waals surface area contributed by atoms with Crippen LogP contribution < -0.4 is 19.1 Å². The Hall–Kier alpha value is -3.00. The number of carbonyl (C=O) groups excluding carboxylic acids is 1. The van der Waals surface area contributed by atoms with Crippen LogP contribution in [0.3, 0.4) is 0 Å². The molecule has 1 aliphatic heterocycles. The van der Waals surface area contributed by atoms with Crippen LogP contribution in [0, 0.1) is 12.3 Å². The Bertz CT molecular complexity index is 1110. The largest absolute Gasteiger partial charge is 0.494 e. The number of anilines is 2. The molecule has 0 aliphatic carbocycles. The lowest BCUT2D eigenvalue weighted by molar-refractivity contribution is -0.127. The van der Waals surface area contributed by atoms with Gasteiger partial charge in [-0.2, -0.15) is 0 Å². The molecule has 0 bridgehead atoms. The van der Waals surface area contributed by atoms with E-state index in [1.165, 1.54) is 6.07 Å². The van der Waals surface area contributed by atoms with E-state index in [1.807, 2.05) is 20.8 Å². The van der Waals surface area contributed by atoms with E-state index in [0.717, 1.165) is 5.56 Å². The summed E-state index contributed by atoms with van der Waals surface area (Å²) in [4.78, 5) is 14.6. The van der Waals surface area contributed by atoms with Gasteiger partial charge in [0.1, 0.15) is 18.1 Å². The molecule has 0 atom stereocenters. The Morgan fingerprint density at radius 2 is 2.00 bits per heavy atom. The first-order valence-electron chi connectivity index (χ1n) is 10.0. The van der Waals surface area contributed by atoms with Crippen molar-refractivity contribution in [3.8, 4) is 11.5 Å². The summed E-state index contributed by atoms with van der Waals surface area (Å²) in [6, 6.07) is 9.61. The van der Waals surface area contributed by atoms with Gasteiger partial charge in [0.2, 0.25) is 5.91 Å². The van der Waals surface area contributed by atoms with Gasteiger partial charge in [-0.1, -0.05) is 6.08 Å². The van der Waals surface area contributed by atoms with Gasteiger partial charge >= 0.3 is 0 Å². The molecule has 3 rings (SSSR count). The van der Waals surface area contributed by atoms with Crippen molar-refractivity contribution < 1.29 is 22.7 Å². The Morgan fingerprint density at radius 3 is 2.65 bits per heavy atom. The highest BCUT2D eigenvalue weighted by Gasteiger charge is 2.37. The average Bonchev–Trinajstić information content (AvgIpc) is 2.80. The van der Waals surface area contributed by atoms with Crippen LogP contribution in [0.5, 0.6) is 11.5 Å². The number of aryl methyl sites for hydroxylation is 1. The number of hydrogen-bond donors (Lipinski definition) is 1. The summed E-state index contributed by atoms with van der Waals surface area (Å²) in [5, 5.41) is 0. The van der Waals surface area contributed by atoms with E-state index in [-0.39, 0.29) is 17.4 Å². The van der Waals surface area contributed by atoms with Gasteiger partial charge in [-0.25, -0.2) is 8.42 Å². The normalized spacial score (nSPS) is 15.5. The van der Waals surface area contributed by atoms with Crippen molar-refractivity contribution in [3.05, 3.63) is 54.6 Å². The molecule has 1 aliphatic rings. The van der Waals surface area contributed by atoms with Crippen LogP contribution in [0.4, 0.5) is 11.4 Å². The van der Waals surface area contributed by atoms with Crippen molar-refractivity contribution in [1.29, 1.82) is 0 Å². The van der Waals surface area contributed by atoms with E-state index in [2.05, 4.69) is 11.3 Å². The highest BCUT2D eigenvalue weighted by Crippen LogP contribution is 2.38. The lowest BCUT2D eigenvalue weighted by Gasteiger charge is -2.27. The number of benzene rings is 2. The van der Waals surface area contributed by atoms with E-state index in [4.69, 9.17) is 9.47 Å². The van der Waals surface area contributed by atoms with E-state index in [0.29, 0.717) is 36.0 Å². The fraction of sp³-hybridized carbons (Fsp3) is 0.348. The summed E-state index contributed by atoms with van der Waals surface area (Å²) in [6.07, 6.45) is 1.65. The summed E-state index contributed by atoms with van der Waals surface area (Å²) < 4.78 is 39.8. The third-order valence-corrected chi connectivity index (χ3v) is 6.36. The zero-order chi connectivity index (χ0) is 22.8. The van der Waals surface area contributed by atoms with Gasteiger partial charge in [-0.3, -0.25) is 9.52 Å². The number of fused-ring (bicyclic) bond motifs is 1. The third kappa shape index (κ3) is 4.69. The molecule has 1 heterocycles. The first-order valence-corrected chi connectivity index (χ1v) is 11.5. The molecular formula is C23H28N2O5S. The first kappa shape index (κ1) is 22.7. The first-order chi connectivity index (χ1) is 14.6. The van der Waals surface area contributed by atoms with Crippen LogP contribution in [-0.2, 0) is 14.8 Å². The lowest BCUT2D eigenvalue weighted by atomic mass is 9.93. The van der Waals surface area contributed by atoms with Gasteiger partial charge in [0.25, 0.3) is 10.0 Å². The smallest absolute Gasteiger partial charge is 0.261 e. The van der Waals surface area contributed by atoms with Crippen molar-refractivity contribution in [2.45, 2.75) is 32.6 Å². The van der Waals surface area contributed by atoms with Crippen LogP contribution >= 0.6 is 0 Å². The second-order valence-electron chi connectivity index (χ2n) is 8.03. The number of rotatable bonds is 7. The molecule has 0 spiro atoms. The molecule has 0 unspecified atom stereocenters. The molecule has 0 radical (unpaired) electrons. The molecule has 1 amide bonds. The summed E-state index contributed by atoms with van der Waals surface area (Å²) in [5.41, 5.74) is 0.934. The standard InChI is InChI=1S/C23H28N2O5S/c1-6-12-25-19-10-8-17(14-21(19)30-15-23(4,5)22(25)26)24-31(27,28)18-9-11-20(29-7-2)16(3)13-18/h6,8-11,13-14,24H,1,7,12,15H2,2-5H3. The monoisotopic (exact) mass is 444 g/mol. The predicted octanol–water partition coefficient (Wildman–Crippen LogP) is 4.13. The highest BCUT2D eigenvalue weighted by molar-refractivity contribution is 7.92. The topological polar surface area (TPSA) is 84.9 Å². The predicted molar refractivity (Wildman–Crippen MR) is 121 cm³/mol. The Labute approximate surface area is 183 Å². The van der Waals surface area contributed by atoms with Crippen LogP contribution in [0.25, 0.3) is 0 Å². The summed E-state index contributed by atoms with van der Waals surface area (Å²) >= 11 is 0. The zero-order valence-electron chi connectivity index (χ0n) is 18.3. The lowest BCUT2D eigenvalue weighted by Crippen LogP contribution is -2.42. The Kier molecular flexibility index (Phi) is 6.31. The third-order valence-electron chi connectivity index (χ3n) is 4.98. The molecule has 0 saturated heterocycles. The fourth-order valence-electron chi connectivity index (χ4n) is 3.34. The van der Waals surface area contributed by atoms with E-state index in [1.54, 1.807) is 48.2 Å². The Balaban J connectivity index is 1.92. The van der Waals surface area contributed by atoms with E-state index in [9.17, 15) is 13.2 Å². The summed E-state index contributed by atoms with van der Waals surface area (Å²) in [7, 11) is -3.82. The molecule has 2 aromatic carbocycles. The van der Waals surface area contributed by atoms with Crippen molar-refractivity contribution in [1.82, 2.24) is 0 Å². The molecular weight excluding hydrogens is 416 g/mol. The minimum Gasteiger partial charge on any atom is -0.494 e. The molecule has 7 nitrogen and oxygen atoms in total. The number of nitrogens with one attached hydrogen (secondary N) is 1. The quantitative estimate of drug-likeness (QED) is 0.649. The SMILES string of the molecule is C=CCN1C(=O)C(C)(C)COc2cc(NS(=O)(=O)c3ccc(OCC)c(C)c3)ccc21. The zero-order valence-corrected chi connectivity index (χ0v) is 19.1. The Morgan fingerprint density at radius 1 is 1.26 bits per heavy atom. The van der Waals surface area contributed by atoms with Gasteiger partial charge in [0.05, 0.1) is 28.3 Å². The number of ether oxygens (including phenoxy) is 2. The molecule has 1 N–H and O–H groups in total. The van der Waals surface area contributed by atoms with Crippen LogP contribution in [0.2, 0.25) is 0 Å². The number of amides is 1. The maximum Gasteiger partial charge on any atom is 0.261 e.